The summed E-state index contributed by atoms with van der Waals surface area (Å²) in [5.74, 6) is 1.41. The van der Waals surface area contributed by atoms with E-state index in [2.05, 4.69) is 20.5 Å². The second-order valence-corrected chi connectivity index (χ2v) is 6.95. The highest BCUT2D eigenvalue weighted by Gasteiger charge is 2.31. The molecule has 0 unspecified atom stereocenters. The molecule has 0 atom stereocenters. The van der Waals surface area contributed by atoms with E-state index in [4.69, 9.17) is 4.74 Å². The zero-order chi connectivity index (χ0) is 20.3. The quantitative estimate of drug-likeness (QED) is 0.839. The van der Waals surface area contributed by atoms with Crippen LogP contribution in [0.2, 0.25) is 0 Å². The van der Waals surface area contributed by atoms with E-state index in [9.17, 15) is 18.0 Å². The molecule has 0 saturated heterocycles. The predicted octanol–water partition coefficient (Wildman–Crippen LogP) is 2.97. The summed E-state index contributed by atoms with van der Waals surface area (Å²) in [7, 11) is 1.81. The Labute approximate surface area is 160 Å². The number of rotatable bonds is 5. The Hall–Kier alpha value is -2.65. The third-order valence-corrected chi connectivity index (χ3v) is 4.91. The summed E-state index contributed by atoms with van der Waals surface area (Å²) in [5.41, 5.74) is -0.813. The van der Waals surface area contributed by atoms with E-state index >= 15 is 0 Å². The van der Waals surface area contributed by atoms with Crippen LogP contribution in [0.4, 0.5) is 13.2 Å². The van der Waals surface area contributed by atoms with Crippen molar-refractivity contribution >= 4 is 5.91 Å². The van der Waals surface area contributed by atoms with E-state index in [0.29, 0.717) is 5.82 Å². The number of carbonyl (C=O) groups is 1. The summed E-state index contributed by atoms with van der Waals surface area (Å²) >= 11 is 0. The molecule has 2 heterocycles. The Morgan fingerprint density at radius 1 is 1.29 bits per heavy atom. The number of aromatic nitrogens is 4. The topological polar surface area (TPSA) is 81.9 Å². The molecule has 1 amide bonds. The summed E-state index contributed by atoms with van der Waals surface area (Å²) in [5, 5.41) is 11.3. The number of alkyl halides is 3. The number of halogens is 3. The van der Waals surface area contributed by atoms with Gasteiger partial charge in [0, 0.05) is 38.2 Å². The molecule has 10 heteroatoms. The first-order valence-corrected chi connectivity index (χ1v) is 9.05. The third-order valence-electron chi connectivity index (χ3n) is 4.91. The lowest BCUT2D eigenvalue weighted by Crippen LogP contribution is -2.36. The highest BCUT2D eigenvalue weighted by atomic mass is 19.4. The molecule has 3 rings (SSSR count). The highest BCUT2D eigenvalue weighted by molar-refractivity contribution is 5.73. The molecule has 0 spiro atoms. The number of carbonyl (C=O) groups excluding carboxylic acids is 1. The molecule has 1 saturated carbocycles. The molecular formula is C18H22F3N5O2. The molecular weight excluding hydrogens is 375 g/mol. The molecule has 2 aromatic rings. The minimum Gasteiger partial charge on any atom is -0.469 e. The molecule has 2 aromatic heterocycles. The zero-order valence-electron chi connectivity index (χ0n) is 15.7. The van der Waals surface area contributed by atoms with Crippen molar-refractivity contribution in [1.82, 2.24) is 25.1 Å². The van der Waals surface area contributed by atoms with Gasteiger partial charge in [0.15, 0.2) is 5.82 Å². The Balaban J connectivity index is 1.61. The molecule has 28 heavy (non-hydrogen) atoms. The van der Waals surface area contributed by atoms with Crippen LogP contribution in [0.3, 0.4) is 0 Å². The van der Waals surface area contributed by atoms with Crippen molar-refractivity contribution in [2.45, 2.75) is 57.3 Å². The Bertz CT molecular complexity index is 829. The smallest absolute Gasteiger partial charge is 0.416 e. The van der Waals surface area contributed by atoms with Gasteiger partial charge < -0.3 is 14.6 Å². The van der Waals surface area contributed by atoms with Crippen molar-refractivity contribution in [3.8, 4) is 5.88 Å². The van der Waals surface area contributed by atoms with Gasteiger partial charge in [-0.25, -0.2) is 4.98 Å². The number of nitrogens with zero attached hydrogens (tertiary/aromatic N) is 4. The molecule has 1 aliphatic carbocycles. The van der Waals surface area contributed by atoms with Gasteiger partial charge in [-0.1, -0.05) is 0 Å². The largest absolute Gasteiger partial charge is 0.469 e. The van der Waals surface area contributed by atoms with Gasteiger partial charge in [0.25, 0.3) is 0 Å². The van der Waals surface area contributed by atoms with Crippen molar-refractivity contribution in [2.24, 2.45) is 7.05 Å². The fourth-order valence-corrected chi connectivity index (χ4v) is 3.44. The van der Waals surface area contributed by atoms with Crippen molar-refractivity contribution in [3.63, 3.8) is 0 Å². The summed E-state index contributed by atoms with van der Waals surface area (Å²) in [6.07, 6.45) is 0.122. The molecule has 1 N–H and O–H groups in total. The van der Waals surface area contributed by atoms with Crippen LogP contribution in [-0.2, 0) is 24.6 Å². The van der Waals surface area contributed by atoms with Gasteiger partial charge >= 0.3 is 6.18 Å². The fourth-order valence-electron chi connectivity index (χ4n) is 3.44. The molecule has 7 nitrogen and oxygen atoms in total. The second-order valence-electron chi connectivity index (χ2n) is 6.95. The summed E-state index contributed by atoms with van der Waals surface area (Å²) in [4.78, 5) is 15.0. The van der Waals surface area contributed by atoms with Gasteiger partial charge in [-0.15, -0.1) is 10.2 Å². The van der Waals surface area contributed by atoms with Crippen LogP contribution < -0.4 is 10.1 Å². The third kappa shape index (κ3) is 4.79. The van der Waals surface area contributed by atoms with Crippen LogP contribution in [0.1, 0.15) is 55.7 Å². The Morgan fingerprint density at radius 3 is 2.64 bits per heavy atom. The first kappa shape index (κ1) is 20.1. The molecule has 0 aromatic carbocycles. The average Bonchev–Trinajstić information content (AvgIpc) is 3.00. The van der Waals surface area contributed by atoms with Crippen LogP contribution in [0.5, 0.6) is 5.88 Å². The zero-order valence-corrected chi connectivity index (χ0v) is 15.7. The van der Waals surface area contributed by atoms with Crippen molar-refractivity contribution in [3.05, 3.63) is 35.5 Å². The lowest BCUT2D eigenvalue weighted by Gasteiger charge is -2.28. The number of ether oxygens (including phenoxy) is 1. The lowest BCUT2D eigenvalue weighted by molar-refractivity contribution is -0.137. The van der Waals surface area contributed by atoms with E-state index < -0.39 is 11.7 Å². The van der Waals surface area contributed by atoms with Gasteiger partial charge in [-0.05, 0) is 31.7 Å². The maximum Gasteiger partial charge on any atom is 0.416 e. The molecule has 1 fully saturated rings. The number of hydrogen-bond acceptors (Lipinski definition) is 5. The number of nitrogens with one attached hydrogen (secondary N) is 1. The van der Waals surface area contributed by atoms with Gasteiger partial charge in [0.2, 0.25) is 11.8 Å². The van der Waals surface area contributed by atoms with E-state index in [1.54, 1.807) is 0 Å². The molecule has 0 radical (unpaired) electrons. The van der Waals surface area contributed by atoms with Crippen LogP contribution in [0, 0.1) is 0 Å². The maximum atomic E-state index is 12.8. The van der Waals surface area contributed by atoms with Crippen molar-refractivity contribution in [1.29, 1.82) is 0 Å². The lowest BCUT2D eigenvalue weighted by atomic mass is 9.85. The fraction of sp³-hybridized carbons (Fsp3) is 0.556. The number of hydrogen-bond donors (Lipinski definition) is 1. The van der Waals surface area contributed by atoms with Gasteiger partial charge in [-0.2, -0.15) is 13.2 Å². The van der Waals surface area contributed by atoms with Gasteiger partial charge in [0.1, 0.15) is 12.4 Å². The second kappa shape index (κ2) is 8.15. The standard InChI is InChI=1S/C18H22F3N5O2/c1-11(27)23-14-5-3-12(4-6-14)17-25-24-15(26(17)2)10-28-16-9-13(7-8-22-16)18(19,20)21/h7-9,12,14H,3-6,10H2,1-2H3,(H,23,27). The first-order valence-electron chi connectivity index (χ1n) is 9.05. The maximum absolute atomic E-state index is 12.8. The van der Waals surface area contributed by atoms with E-state index in [0.717, 1.165) is 49.8 Å². The Morgan fingerprint density at radius 2 is 2.00 bits per heavy atom. The number of amides is 1. The normalized spacial score (nSPS) is 20.0. The van der Waals surface area contributed by atoms with Crippen molar-refractivity contribution < 1.29 is 22.7 Å². The number of pyridine rings is 1. The van der Waals surface area contributed by atoms with Gasteiger partial charge in [0.05, 0.1) is 5.56 Å². The predicted molar refractivity (Wildman–Crippen MR) is 93.4 cm³/mol. The van der Waals surface area contributed by atoms with Crippen LogP contribution in [0.25, 0.3) is 0 Å². The molecule has 0 aliphatic heterocycles. The minimum atomic E-state index is -4.45. The van der Waals surface area contributed by atoms with Crippen LogP contribution >= 0.6 is 0 Å². The van der Waals surface area contributed by atoms with Crippen molar-refractivity contribution in [2.75, 3.05) is 0 Å². The van der Waals surface area contributed by atoms with E-state index in [1.807, 2.05) is 11.6 Å². The van der Waals surface area contributed by atoms with E-state index in [-0.39, 0.29) is 30.4 Å². The first-order chi connectivity index (χ1) is 13.2. The van der Waals surface area contributed by atoms with Crippen LogP contribution in [-0.4, -0.2) is 31.7 Å². The summed E-state index contributed by atoms with van der Waals surface area (Å²) in [6, 6.07) is 1.95. The highest BCUT2D eigenvalue weighted by Crippen LogP contribution is 2.32. The SMILES string of the molecule is CC(=O)NC1CCC(c2nnc(COc3cc(C(F)(F)F)ccn3)n2C)CC1. The molecule has 0 bridgehead atoms. The van der Waals surface area contributed by atoms with Gasteiger partial charge in [-0.3, -0.25) is 4.79 Å². The van der Waals surface area contributed by atoms with E-state index in [1.165, 1.54) is 6.92 Å². The Kier molecular flexibility index (Phi) is 5.85. The summed E-state index contributed by atoms with van der Waals surface area (Å²) in [6.45, 7) is 1.49. The monoisotopic (exact) mass is 397 g/mol. The minimum absolute atomic E-state index is 0.0234. The van der Waals surface area contributed by atoms with Crippen LogP contribution in [0.15, 0.2) is 18.3 Å². The molecule has 152 valence electrons. The molecule has 1 aliphatic rings. The average molecular weight is 397 g/mol. The summed E-state index contributed by atoms with van der Waals surface area (Å²) < 4.78 is 45.5.